The van der Waals surface area contributed by atoms with Crippen LogP contribution < -0.4 is 4.74 Å². The fraction of sp³-hybridized carbons (Fsp3) is 0.316. The van der Waals surface area contributed by atoms with Crippen LogP contribution in [0, 0.1) is 0 Å². The quantitative estimate of drug-likeness (QED) is 0.600. The fourth-order valence-electron chi connectivity index (χ4n) is 2.36. The first kappa shape index (κ1) is 17.2. The third kappa shape index (κ3) is 4.07. The molecule has 0 bridgehead atoms. The van der Waals surface area contributed by atoms with Crippen molar-refractivity contribution in [2.75, 3.05) is 0 Å². The first-order chi connectivity index (χ1) is 11.5. The van der Waals surface area contributed by atoms with Crippen molar-refractivity contribution < 1.29 is 9.84 Å². The Balaban J connectivity index is 1.72. The summed E-state index contributed by atoms with van der Waals surface area (Å²) in [4.78, 5) is 4.46. The van der Waals surface area contributed by atoms with Gasteiger partial charge in [0.15, 0.2) is 0 Å². The second-order valence-electron chi connectivity index (χ2n) is 6.16. The van der Waals surface area contributed by atoms with Gasteiger partial charge in [-0.05, 0) is 56.0 Å². The van der Waals surface area contributed by atoms with E-state index in [1.807, 2.05) is 56.3 Å². The molecule has 1 unspecified atom stereocenters. The Labute approximate surface area is 150 Å². The maximum Gasteiger partial charge on any atom is 0.279 e. The zero-order valence-corrected chi connectivity index (χ0v) is 15.3. The number of hydrogen-bond donors (Lipinski definition) is 1. The molecule has 0 radical (unpaired) electrons. The smallest absolute Gasteiger partial charge is 0.279 e. The second-order valence-corrected chi connectivity index (χ2v) is 7.57. The predicted molar refractivity (Wildman–Crippen MR) is 100 cm³/mol. The second kappa shape index (κ2) is 7.09. The summed E-state index contributed by atoms with van der Waals surface area (Å²) in [6.07, 6.45) is 2.22. The van der Waals surface area contributed by atoms with Crippen LogP contribution in [0.1, 0.15) is 32.3 Å². The Bertz CT molecular complexity index is 811. The minimum atomic E-state index is -0.636. The lowest BCUT2D eigenvalue weighted by Gasteiger charge is -2.21. The molecule has 1 heterocycles. The average molecular weight is 362 g/mol. The lowest BCUT2D eigenvalue weighted by molar-refractivity contribution is 0.0473. The molecule has 3 nitrogen and oxygen atoms in total. The summed E-state index contributed by atoms with van der Waals surface area (Å²) in [5.41, 5.74) is 1.38. The summed E-state index contributed by atoms with van der Waals surface area (Å²) in [6.45, 7) is 3.85. The molecule has 1 atom stereocenters. The topological polar surface area (TPSA) is 42.4 Å². The fourth-order valence-corrected chi connectivity index (χ4v) is 3.43. The Morgan fingerprint density at radius 3 is 2.75 bits per heavy atom. The van der Waals surface area contributed by atoms with Gasteiger partial charge in [-0.1, -0.05) is 48.1 Å². The highest BCUT2D eigenvalue weighted by Gasteiger charge is 2.17. The van der Waals surface area contributed by atoms with E-state index >= 15 is 0 Å². The molecule has 3 rings (SSSR count). The van der Waals surface area contributed by atoms with Gasteiger partial charge in [0.1, 0.15) is 5.75 Å². The van der Waals surface area contributed by atoms with Gasteiger partial charge in [0.25, 0.3) is 5.19 Å². The monoisotopic (exact) mass is 361 g/mol. The van der Waals surface area contributed by atoms with Gasteiger partial charge in [-0.3, -0.25) is 0 Å². The first-order valence-corrected chi connectivity index (χ1v) is 9.20. The molecule has 24 heavy (non-hydrogen) atoms. The van der Waals surface area contributed by atoms with E-state index in [9.17, 15) is 5.11 Å². The summed E-state index contributed by atoms with van der Waals surface area (Å²) in [5, 5.41) is 11.2. The van der Waals surface area contributed by atoms with Gasteiger partial charge >= 0.3 is 0 Å². The lowest BCUT2D eigenvalue weighted by atomic mass is 9.94. The highest BCUT2D eigenvalue weighted by atomic mass is 35.5. The molecule has 0 aliphatic heterocycles. The number of aromatic nitrogens is 1. The molecule has 0 saturated heterocycles. The molecule has 1 aromatic heterocycles. The number of benzene rings is 2. The Morgan fingerprint density at radius 2 is 2.04 bits per heavy atom. The van der Waals surface area contributed by atoms with Crippen LogP contribution in [-0.4, -0.2) is 15.7 Å². The molecule has 0 amide bonds. The SMILES string of the molecule is CCC(C)(O)CCc1ccc(Oc2nc3ccccc3s2)c(Cl)c1. The molecule has 0 aliphatic carbocycles. The van der Waals surface area contributed by atoms with E-state index < -0.39 is 5.60 Å². The Morgan fingerprint density at radius 1 is 1.25 bits per heavy atom. The minimum absolute atomic E-state index is 0.558. The van der Waals surface area contributed by atoms with Gasteiger partial charge in [-0.15, -0.1) is 0 Å². The van der Waals surface area contributed by atoms with Crippen molar-refractivity contribution in [1.29, 1.82) is 0 Å². The third-order valence-corrected chi connectivity index (χ3v) is 5.39. The largest absolute Gasteiger partial charge is 0.429 e. The zero-order valence-electron chi connectivity index (χ0n) is 13.8. The Kier molecular flexibility index (Phi) is 5.09. The molecule has 2 aromatic carbocycles. The predicted octanol–water partition coefficient (Wildman–Crippen LogP) is 5.84. The number of aliphatic hydroxyl groups is 1. The number of thiazole rings is 1. The van der Waals surface area contributed by atoms with E-state index in [1.165, 1.54) is 11.3 Å². The van der Waals surface area contributed by atoms with Gasteiger partial charge in [0, 0.05) is 0 Å². The maximum absolute atomic E-state index is 10.1. The van der Waals surface area contributed by atoms with Crippen molar-refractivity contribution in [3.8, 4) is 10.9 Å². The number of hydrogen-bond acceptors (Lipinski definition) is 4. The minimum Gasteiger partial charge on any atom is -0.429 e. The van der Waals surface area contributed by atoms with Crippen LogP contribution in [0.4, 0.5) is 0 Å². The van der Waals surface area contributed by atoms with Crippen LogP contribution in [-0.2, 0) is 6.42 Å². The van der Waals surface area contributed by atoms with Gasteiger partial charge in [-0.25, -0.2) is 4.98 Å². The highest BCUT2D eigenvalue weighted by Crippen LogP contribution is 2.35. The molecule has 0 aliphatic rings. The van der Waals surface area contributed by atoms with Crippen molar-refractivity contribution in [3.05, 3.63) is 53.1 Å². The molecule has 0 saturated carbocycles. The summed E-state index contributed by atoms with van der Waals surface area (Å²) < 4.78 is 6.93. The normalized spacial score (nSPS) is 13.8. The van der Waals surface area contributed by atoms with Crippen molar-refractivity contribution in [1.82, 2.24) is 4.98 Å². The molecule has 5 heteroatoms. The van der Waals surface area contributed by atoms with E-state index in [0.29, 0.717) is 22.4 Å². The van der Waals surface area contributed by atoms with Gasteiger partial charge in [0.05, 0.1) is 20.8 Å². The first-order valence-electron chi connectivity index (χ1n) is 8.01. The third-order valence-electron chi connectivity index (χ3n) is 4.18. The van der Waals surface area contributed by atoms with Crippen LogP contribution in [0.15, 0.2) is 42.5 Å². The van der Waals surface area contributed by atoms with E-state index in [2.05, 4.69) is 4.98 Å². The molecule has 1 N–H and O–H groups in total. The number of para-hydroxylation sites is 1. The van der Waals surface area contributed by atoms with Crippen molar-refractivity contribution in [3.63, 3.8) is 0 Å². The van der Waals surface area contributed by atoms with E-state index in [-0.39, 0.29) is 0 Å². The summed E-state index contributed by atoms with van der Waals surface area (Å²) in [6, 6.07) is 13.7. The van der Waals surface area contributed by atoms with Crippen LogP contribution in [0.5, 0.6) is 10.9 Å². The molecule has 0 fully saturated rings. The van der Waals surface area contributed by atoms with Crippen LogP contribution in [0.25, 0.3) is 10.2 Å². The standard InChI is InChI=1S/C19H20ClNO2S/c1-3-19(2,22)11-10-13-8-9-16(14(20)12-13)23-18-21-15-6-4-5-7-17(15)24-18/h4-9,12,22H,3,10-11H2,1-2H3. The highest BCUT2D eigenvalue weighted by molar-refractivity contribution is 7.20. The summed E-state index contributed by atoms with van der Waals surface area (Å²) in [5.74, 6) is 0.599. The number of nitrogens with zero attached hydrogens (tertiary/aromatic N) is 1. The maximum atomic E-state index is 10.1. The molecule has 126 valence electrons. The zero-order chi connectivity index (χ0) is 17.2. The number of ether oxygens (including phenoxy) is 1. The summed E-state index contributed by atoms with van der Waals surface area (Å²) >= 11 is 7.85. The summed E-state index contributed by atoms with van der Waals surface area (Å²) in [7, 11) is 0. The molecular weight excluding hydrogens is 342 g/mol. The number of rotatable bonds is 6. The average Bonchev–Trinajstić information content (AvgIpc) is 2.98. The molecular formula is C19H20ClNO2S. The van der Waals surface area contributed by atoms with Gasteiger partial charge < -0.3 is 9.84 Å². The molecule has 0 spiro atoms. The van der Waals surface area contributed by atoms with Crippen LogP contribution in [0.3, 0.4) is 0 Å². The number of fused-ring (bicyclic) bond motifs is 1. The van der Waals surface area contributed by atoms with Crippen molar-refractivity contribution >= 4 is 33.2 Å². The van der Waals surface area contributed by atoms with E-state index in [1.54, 1.807) is 0 Å². The van der Waals surface area contributed by atoms with Gasteiger partial charge in [-0.2, -0.15) is 0 Å². The van der Waals surface area contributed by atoms with Crippen LogP contribution in [0.2, 0.25) is 5.02 Å². The molecule has 3 aromatic rings. The van der Waals surface area contributed by atoms with E-state index in [0.717, 1.165) is 28.6 Å². The number of aryl methyl sites for hydroxylation is 1. The van der Waals surface area contributed by atoms with Crippen molar-refractivity contribution in [2.24, 2.45) is 0 Å². The van der Waals surface area contributed by atoms with E-state index in [4.69, 9.17) is 16.3 Å². The van der Waals surface area contributed by atoms with Gasteiger partial charge in [0.2, 0.25) is 0 Å². The Hall–Kier alpha value is -1.62. The number of halogens is 1. The van der Waals surface area contributed by atoms with Crippen molar-refractivity contribution in [2.45, 2.75) is 38.7 Å². The lowest BCUT2D eigenvalue weighted by Crippen LogP contribution is -2.23. The van der Waals surface area contributed by atoms with Crippen LogP contribution >= 0.6 is 22.9 Å².